The molecule has 0 saturated heterocycles. The summed E-state index contributed by atoms with van der Waals surface area (Å²) in [6, 6.07) is 8.60. The fourth-order valence-corrected chi connectivity index (χ4v) is 2.09. The van der Waals surface area contributed by atoms with Crippen molar-refractivity contribution in [3.05, 3.63) is 53.7 Å². The molecule has 0 aliphatic carbocycles. The third-order valence-electron chi connectivity index (χ3n) is 3.09. The molecule has 2 aromatic rings. The van der Waals surface area contributed by atoms with Crippen LogP contribution in [0.5, 0.6) is 0 Å². The summed E-state index contributed by atoms with van der Waals surface area (Å²) in [4.78, 5) is 2.08. The van der Waals surface area contributed by atoms with Gasteiger partial charge in [0.05, 0.1) is 12.8 Å². The Labute approximate surface area is 113 Å². The van der Waals surface area contributed by atoms with Gasteiger partial charge >= 0.3 is 0 Å². The second-order valence-corrected chi connectivity index (χ2v) is 4.39. The predicted molar refractivity (Wildman–Crippen MR) is 74.6 cm³/mol. The first-order valence-electron chi connectivity index (χ1n) is 6.45. The quantitative estimate of drug-likeness (QED) is 0.866. The highest BCUT2D eigenvalue weighted by molar-refractivity contribution is 5.46. The Balaban J connectivity index is 2.17. The molecule has 3 nitrogen and oxygen atoms in total. The highest BCUT2D eigenvalue weighted by Gasteiger charge is 2.11. The van der Waals surface area contributed by atoms with Crippen molar-refractivity contribution in [3.63, 3.8) is 0 Å². The Bertz CT molecular complexity index is 524. The summed E-state index contributed by atoms with van der Waals surface area (Å²) in [7, 11) is 1.90. The zero-order valence-corrected chi connectivity index (χ0v) is 11.3. The highest BCUT2D eigenvalue weighted by Crippen LogP contribution is 2.20. The Hall–Kier alpha value is -1.81. The first kappa shape index (κ1) is 13.6. The summed E-state index contributed by atoms with van der Waals surface area (Å²) in [6.07, 6.45) is 1.70. The van der Waals surface area contributed by atoms with Gasteiger partial charge in [-0.25, -0.2) is 4.39 Å². The van der Waals surface area contributed by atoms with Gasteiger partial charge in [0.15, 0.2) is 0 Å². The average molecular weight is 262 g/mol. The van der Waals surface area contributed by atoms with Crippen LogP contribution in [0.4, 0.5) is 10.1 Å². The molecule has 0 aliphatic heterocycles. The first-order chi connectivity index (χ1) is 9.24. The number of nitrogens with zero attached hydrogens (tertiary/aromatic N) is 1. The summed E-state index contributed by atoms with van der Waals surface area (Å²) in [5, 5.41) is 3.11. The van der Waals surface area contributed by atoms with Gasteiger partial charge in [0.2, 0.25) is 0 Å². The Morgan fingerprint density at radius 3 is 2.84 bits per heavy atom. The van der Waals surface area contributed by atoms with Crippen molar-refractivity contribution in [2.75, 3.05) is 18.5 Å². The third kappa shape index (κ3) is 3.35. The molecule has 0 unspecified atom stereocenters. The maximum atomic E-state index is 13.3. The minimum atomic E-state index is -0.217. The second kappa shape index (κ2) is 6.38. The number of rotatable bonds is 6. The van der Waals surface area contributed by atoms with E-state index in [0.29, 0.717) is 6.54 Å². The van der Waals surface area contributed by atoms with Crippen LogP contribution in [0.2, 0.25) is 0 Å². The number of anilines is 1. The van der Waals surface area contributed by atoms with Gasteiger partial charge in [-0.05, 0) is 38.2 Å². The van der Waals surface area contributed by atoms with Crippen LogP contribution in [0.25, 0.3) is 0 Å². The van der Waals surface area contributed by atoms with E-state index in [1.807, 2.05) is 26.1 Å². The third-order valence-corrected chi connectivity index (χ3v) is 3.09. The summed E-state index contributed by atoms with van der Waals surface area (Å²) in [5.74, 6) is 0.700. The highest BCUT2D eigenvalue weighted by atomic mass is 19.1. The first-order valence-corrected chi connectivity index (χ1v) is 6.45. The van der Waals surface area contributed by atoms with Crippen LogP contribution in [0.3, 0.4) is 0 Å². The number of benzene rings is 1. The van der Waals surface area contributed by atoms with Gasteiger partial charge in [0.1, 0.15) is 11.6 Å². The van der Waals surface area contributed by atoms with Crippen LogP contribution < -0.4 is 10.2 Å². The molecule has 1 aromatic heterocycles. The maximum absolute atomic E-state index is 13.3. The van der Waals surface area contributed by atoms with E-state index in [9.17, 15) is 4.39 Å². The summed E-state index contributed by atoms with van der Waals surface area (Å²) in [5.41, 5.74) is 2.01. The average Bonchev–Trinajstić information content (AvgIpc) is 2.84. The molecular weight excluding hydrogens is 243 g/mol. The van der Waals surface area contributed by atoms with E-state index in [0.717, 1.165) is 30.1 Å². The molecule has 0 radical (unpaired) electrons. The van der Waals surface area contributed by atoms with E-state index in [2.05, 4.69) is 10.2 Å². The molecule has 0 aliphatic rings. The number of hydrogen-bond donors (Lipinski definition) is 1. The molecule has 1 heterocycles. The molecule has 1 aromatic carbocycles. The molecule has 0 fully saturated rings. The van der Waals surface area contributed by atoms with Gasteiger partial charge in [-0.15, -0.1) is 0 Å². The number of nitrogens with one attached hydrogen (secondary N) is 1. The van der Waals surface area contributed by atoms with Crippen LogP contribution in [0.1, 0.15) is 18.2 Å². The van der Waals surface area contributed by atoms with Crippen LogP contribution in [0.15, 0.2) is 41.0 Å². The van der Waals surface area contributed by atoms with Crippen molar-refractivity contribution in [2.24, 2.45) is 0 Å². The molecule has 2 rings (SSSR count). The second-order valence-electron chi connectivity index (χ2n) is 4.39. The Morgan fingerprint density at radius 2 is 2.16 bits per heavy atom. The molecule has 19 heavy (non-hydrogen) atoms. The van der Waals surface area contributed by atoms with Crippen LogP contribution in [0, 0.1) is 5.82 Å². The minimum Gasteiger partial charge on any atom is -0.467 e. The Kier molecular flexibility index (Phi) is 4.58. The lowest BCUT2D eigenvalue weighted by Gasteiger charge is -2.22. The minimum absolute atomic E-state index is 0.217. The van der Waals surface area contributed by atoms with E-state index in [-0.39, 0.29) is 5.82 Å². The zero-order valence-electron chi connectivity index (χ0n) is 11.3. The molecule has 0 atom stereocenters. The number of furan rings is 1. The lowest BCUT2D eigenvalue weighted by Crippen LogP contribution is -2.22. The van der Waals surface area contributed by atoms with E-state index in [4.69, 9.17) is 4.42 Å². The summed E-state index contributed by atoms with van der Waals surface area (Å²) < 4.78 is 18.8. The van der Waals surface area contributed by atoms with E-state index in [1.54, 1.807) is 18.4 Å². The molecule has 1 N–H and O–H groups in total. The normalized spacial score (nSPS) is 10.7. The van der Waals surface area contributed by atoms with Crippen molar-refractivity contribution in [3.8, 4) is 0 Å². The maximum Gasteiger partial charge on any atom is 0.127 e. The zero-order chi connectivity index (χ0) is 13.7. The molecule has 4 heteroatoms. The SMILES string of the molecule is CCN(Cc1occc1CNC)c1cccc(F)c1. The van der Waals surface area contributed by atoms with Gasteiger partial charge in [-0.2, -0.15) is 0 Å². The lowest BCUT2D eigenvalue weighted by atomic mass is 10.2. The molecule has 102 valence electrons. The van der Waals surface area contributed by atoms with Crippen molar-refractivity contribution < 1.29 is 8.81 Å². The largest absolute Gasteiger partial charge is 0.467 e. The van der Waals surface area contributed by atoms with Crippen molar-refractivity contribution in [1.82, 2.24) is 5.32 Å². The number of hydrogen-bond acceptors (Lipinski definition) is 3. The summed E-state index contributed by atoms with van der Waals surface area (Å²) >= 11 is 0. The molecule has 0 bridgehead atoms. The van der Waals surface area contributed by atoms with E-state index in [1.165, 1.54) is 6.07 Å². The van der Waals surface area contributed by atoms with E-state index < -0.39 is 0 Å². The Morgan fingerprint density at radius 1 is 1.32 bits per heavy atom. The molecule has 0 spiro atoms. The fraction of sp³-hybridized carbons (Fsp3) is 0.333. The van der Waals surface area contributed by atoms with Gasteiger partial charge in [-0.1, -0.05) is 6.07 Å². The van der Waals surface area contributed by atoms with Crippen molar-refractivity contribution in [2.45, 2.75) is 20.0 Å². The van der Waals surface area contributed by atoms with Gasteiger partial charge in [0, 0.05) is 24.3 Å². The van der Waals surface area contributed by atoms with Crippen LogP contribution in [-0.2, 0) is 13.1 Å². The van der Waals surface area contributed by atoms with Gasteiger partial charge in [-0.3, -0.25) is 0 Å². The van der Waals surface area contributed by atoms with Crippen molar-refractivity contribution >= 4 is 5.69 Å². The molecular formula is C15H19FN2O. The fourth-order valence-electron chi connectivity index (χ4n) is 2.09. The summed E-state index contributed by atoms with van der Waals surface area (Å²) in [6.45, 7) is 4.26. The monoisotopic (exact) mass is 262 g/mol. The smallest absolute Gasteiger partial charge is 0.127 e. The number of halogens is 1. The van der Waals surface area contributed by atoms with Crippen LogP contribution in [-0.4, -0.2) is 13.6 Å². The molecule has 0 amide bonds. The lowest BCUT2D eigenvalue weighted by molar-refractivity contribution is 0.497. The topological polar surface area (TPSA) is 28.4 Å². The van der Waals surface area contributed by atoms with Crippen molar-refractivity contribution in [1.29, 1.82) is 0 Å². The van der Waals surface area contributed by atoms with E-state index >= 15 is 0 Å². The van der Waals surface area contributed by atoms with Crippen LogP contribution >= 0.6 is 0 Å². The van der Waals surface area contributed by atoms with Gasteiger partial charge in [0.25, 0.3) is 0 Å². The standard InChI is InChI=1S/C15H19FN2O/c1-3-18(14-6-4-5-13(16)9-14)11-15-12(10-17-2)7-8-19-15/h4-9,17H,3,10-11H2,1-2H3. The predicted octanol–water partition coefficient (Wildman–Crippen LogP) is 3.16. The van der Waals surface area contributed by atoms with Gasteiger partial charge < -0.3 is 14.6 Å². The molecule has 0 saturated carbocycles.